The summed E-state index contributed by atoms with van der Waals surface area (Å²) in [4.78, 5) is 5.37. The number of hydrogen-bond donors (Lipinski definition) is 0. The molecule has 9 aromatic rings. The smallest absolute Gasteiger partial charge is 0.0495 e. The molecular weight excluding hydrogens is 821 g/mol. The standard InChI is InChI=1S/C66H60N2/c1-43-19-17-37-65(3)63(43)57-41-49(31-35-59(57)67(65)51-25-13-7-14-26-51)47-29-33-53-55(39-47)61(45-21-9-5-10-22-45)54-34-30-48(40-56(54)62(53)46-23-11-6-12-24-46)50-32-36-60-58(42-50)64-44(2)20-18-38-66(64,4)68(60)52-27-15-8-16-28-52/h5-16,21-36,39-44,63-64H,17-20,37-38H2,1-4H3. The molecule has 0 saturated heterocycles. The molecule has 4 aliphatic rings. The Bertz CT molecular complexity index is 3150. The van der Waals surface area contributed by atoms with Gasteiger partial charge in [-0.25, -0.2) is 0 Å². The summed E-state index contributed by atoms with van der Waals surface area (Å²) in [5.41, 5.74) is 18.7. The van der Waals surface area contributed by atoms with Crippen LogP contribution in [0.5, 0.6) is 0 Å². The van der Waals surface area contributed by atoms with Crippen LogP contribution in [0.25, 0.3) is 66.1 Å². The molecule has 0 amide bonds. The van der Waals surface area contributed by atoms with Crippen LogP contribution in [0.4, 0.5) is 22.7 Å². The maximum absolute atomic E-state index is 2.68. The molecule has 0 radical (unpaired) electrons. The predicted molar refractivity (Wildman–Crippen MR) is 289 cm³/mol. The fourth-order valence-electron chi connectivity index (χ4n) is 14.6. The average Bonchev–Trinajstić information content (AvgIpc) is 3.81. The Morgan fingerprint density at radius 1 is 0.368 bits per heavy atom. The highest BCUT2D eigenvalue weighted by Crippen LogP contribution is 2.61. The third kappa shape index (κ3) is 6.22. The summed E-state index contributed by atoms with van der Waals surface area (Å²) in [6.45, 7) is 10.0. The van der Waals surface area contributed by atoms with Gasteiger partial charge in [-0.05, 0) is 189 Å². The molecule has 13 rings (SSSR count). The van der Waals surface area contributed by atoms with E-state index in [1.165, 1.54) is 138 Å². The zero-order chi connectivity index (χ0) is 45.7. The van der Waals surface area contributed by atoms with E-state index < -0.39 is 0 Å². The van der Waals surface area contributed by atoms with Crippen molar-refractivity contribution in [1.82, 2.24) is 0 Å². The molecule has 2 saturated carbocycles. The molecule has 2 heteroatoms. The third-order valence-corrected chi connectivity index (χ3v) is 17.3. The van der Waals surface area contributed by atoms with Crippen LogP contribution in [0.3, 0.4) is 0 Å². The number of rotatable bonds is 6. The Kier molecular flexibility index (Phi) is 9.62. The number of nitrogens with zero attached hydrogens (tertiary/aromatic N) is 2. The van der Waals surface area contributed by atoms with Crippen molar-refractivity contribution in [2.75, 3.05) is 9.80 Å². The van der Waals surface area contributed by atoms with Crippen molar-refractivity contribution < 1.29 is 0 Å². The van der Waals surface area contributed by atoms with Crippen molar-refractivity contribution in [2.24, 2.45) is 11.8 Å². The molecule has 2 heterocycles. The lowest BCUT2D eigenvalue weighted by atomic mass is 9.67. The van der Waals surface area contributed by atoms with Crippen LogP contribution in [0.2, 0.25) is 0 Å². The van der Waals surface area contributed by atoms with Gasteiger partial charge in [-0.3, -0.25) is 0 Å². The van der Waals surface area contributed by atoms with Crippen molar-refractivity contribution >= 4 is 44.3 Å². The van der Waals surface area contributed by atoms with Crippen LogP contribution in [-0.4, -0.2) is 11.1 Å². The summed E-state index contributed by atoms with van der Waals surface area (Å²) in [5.74, 6) is 2.16. The molecule has 2 fully saturated rings. The normalized spacial score (nSPS) is 23.9. The Hall–Kier alpha value is -6.90. The maximum Gasteiger partial charge on any atom is 0.0495 e. The van der Waals surface area contributed by atoms with Gasteiger partial charge >= 0.3 is 0 Å². The Morgan fingerprint density at radius 2 is 0.721 bits per heavy atom. The summed E-state index contributed by atoms with van der Waals surface area (Å²) in [7, 11) is 0. The van der Waals surface area contributed by atoms with Gasteiger partial charge in [0.1, 0.15) is 0 Å². The topological polar surface area (TPSA) is 6.48 Å². The lowest BCUT2D eigenvalue weighted by Gasteiger charge is -2.46. The Morgan fingerprint density at radius 3 is 1.12 bits per heavy atom. The zero-order valence-electron chi connectivity index (χ0n) is 39.9. The minimum atomic E-state index is 0.0450. The molecule has 2 aliphatic carbocycles. The van der Waals surface area contributed by atoms with Gasteiger partial charge in [0.15, 0.2) is 0 Å². The van der Waals surface area contributed by atoms with E-state index in [2.05, 4.69) is 232 Å². The molecule has 68 heavy (non-hydrogen) atoms. The first-order valence-electron chi connectivity index (χ1n) is 25.4. The van der Waals surface area contributed by atoms with Gasteiger partial charge in [-0.1, -0.05) is 160 Å². The minimum absolute atomic E-state index is 0.0450. The molecular formula is C66H60N2. The molecule has 0 aromatic heterocycles. The average molecular weight is 881 g/mol. The molecule has 6 unspecified atom stereocenters. The number of benzene rings is 9. The first-order valence-corrected chi connectivity index (χ1v) is 25.4. The second kappa shape index (κ2) is 15.8. The van der Waals surface area contributed by atoms with E-state index in [1.54, 1.807) is 0 Å². The van der Waals surface area contributed by atoms with E-state index >= 15 is 0 Å². The largest absolute Gasteiger partial charge is 0.335 e. The van der Waals surface area contributed by atoms with E-state index in [9.17, 15) is 0 Å². The fraction of sp³-hybridized carbons (Fsp3) is 0.242. The van der Waals surface area contributed by atoms with Crippen LogP contribution in [0.15, 0.2) is 194 Å². The van der Waals surface area contributed by atoms with Gasteiger partial charge in [-0.15, -0.1) is 0 Å². The lowest BCUT2D eigenvalue weighted by molar-refractivity contribution is 0.223. The number of hydrogen-bond acceptors (Lipinski definition) is 2. The summed E-state index contributed by atoms with van der Waals surface area (Å²) < 4.78 is 0. The Labute approximate surface area is 402 Å². The highest BCUT2D eigenvalue weighted by atomic mass is 15.2. The van der Waals surface area contributed by atoms with E-state index in [1.807, 2.05) is 0 Å². The maximum atomic E-state index is 2.68. The highest BCUT2D eigenvalue weighted by Gasteiger charge is 2.53. The molecule has 9 aromatic carbocycles. The van der Waals surface area contributed by atoms with Crippen molar-refractivity contribution in [3.8, 4) is 44.5 Å². The quantitative estimate of drug-likeness (QED) is 0.154. The van der Waals surface area contributed by atoms with Crippen LogP contribution < -0.4 is 9.80 Å². The summed E-state index contributed by atoms with van der Waals surface area (Å²) in [6, 6.07) is 74.0. The van der Waals surface area contributed by atoms with E-state index in [4.69, 9.17) is 0 Å². The molecule has 2 nitrogen and oxygen atoms in total. The zero-order valence-corrected chi connectivity index (χ0v) is 39.9. The molecule has 0 bridgehead atoms. The fourth-order valence-corrected chi connectivity index (χ4v) is 14.6. The first kappa shape index (κ1) is 41.3. The summed E-state index contributed by atoms with van der Waals surface area (Å²) >= 11 is 0. The summed E-state index contributed by atoms with van der Waals surface area (Å²) in [6.07, 6.45) is 7.49. The Balaban J connectivity index is 1.000. The molecule has 2 aliphatic heterocycles. The van der Waals surface area contributed by atoms with Crippen LogP contribution in [0, 0.1) is 11.8 Å². The lowest BCUT2D eigenvalue weighted by Crippen LogP contribution is -2.47. The second-order valence-corrected chi connectivity index (χ2v) is 21.3. The molecule has 6 atom stereocenters. The van der Waals surface area contributed by atoms with Crippen molar-refractivity contribution in [3.05, 3.63) is 205 Å². The SMILES string of the molecule is CC1CCCC2(C)C1c1cc(-c3ccc4c(-c5ccccc5)c5cc(-c6ccc7c(c6)C6C(C)CCCC6(C)N7c6ccccc6)ccc5c(-c5ccccc5)c4c3)ccc1N2c1ccccc1. The third-order valence-electron chi connectivity index (χ3n) is 17.3. The van der Waals surface area contributed by atoms with Crippen LogP contribution in [-0.2, 0) is 0 Å². The van der Waals surface area contributed by atoms with Crippen molar-refractivity contribution in [3.63, 3.8) is 0 Å². The van der Waals surface area contributed by atoms with Gasteiger partial charge in [-0.2, -0.15) is 0 Å². The number of anilines is 4. The van der Waals surface area contributed by atoms with Crippen molar-refractivity contribution in [2.45, 2.75) is 89.1 Å². The van der Waals surface area contributed by atoms with Gasteiger partial charge in [0.05, 0.1) is 0 Å². The van der Waals surface area contributed by atoms with Crippen molar-refractivity contribution in [1.29, 1.82) is 0 Å². The van der Waals surface area contributed by atoms with Crippen LogP contribution in [0.1, 0.15) is 89.2 Å². The monoisotopic (exact) mass is 880 g/mol. The number of fused-ring (bicyclic) bond motifs is 8. The summed E-state index contributed by atoms with van der Waals surface area (Å²) in [5, 5.41) is 5.15. The van der Waals surface area contributed by atoms with E-state index in [0.717, 1.165) is 0 Å². The second-order valence-electron chi connectivity index (χ2n) is 21.3. The van der Waals surface area contributed by atoms with E-state index in [-0.39, 0.29) is 11.1 Å². The molecule has 0 N–H and O–H groups in total. The van der Waals surface area contributed by atoms with Gasteiger partial charge < -0.3 is 9.80 Å². The molecule has 334 valence electrons. The molecule has 0 spiro atoms. The number of para-hydroxylation sites is 2. The minimum Gasteiger partial charge on any atom is -0.335 e. The van der Waals surface area contributed by atoms with Gasteiger partial charge in [0, 0.05) is 45.7 Å². The van der Waals surface area contributed by atoms with E-state index in [0.29, 0.717) is 23.7 Å². The first-order chi connectivity index (χ1) is 33.3. The predicted octanol–water partition coefficient (Wildman–Crippen LogP) is 18.3. The van der Waals surface area contributed by atoms with Gasteiger partial charge in [0.25, 0.3) is 0 Å². The van der Waals surface area contributed by atoms with Crippen LogP contribution >= 0.6 is 0 Å². The van der Waals surface area contributed by atoms with Gasteiger partial charge in [0.2, 0.25) is 0 Å². The highest BCUT2D eigenvalue weighted by molar-refractivity contribution is 6.22.